The third-order valence-corrected chi connectivity index (χ3v) is 4.35. The molecule has 0 amide bonds. The van der Waals surface area contributed by atoms with E-state index in [2.05, 4.69) is 31.3 Å². The van der Waals surface area contributed by atoms with Crippen LogP contribution in [0, 0.1) is 5.92 Å². The molecular weight excluding hydrogens is 270 g/mol. The van der Waals surface area contributed by atoms with E-state index in [0.717, 1.165) is 37.1 Å². The van der Waals surface area contributed by atoms with Crippen LogP contribution in [0.4, 0.5) is 0 Å². The van der Waals surface area contributed by atoms with E-state index in [1.807, 2.05) is 12.1 Å². The van der Waals surface area contributed by atoms with E-state index in [9.17, 15) is 0 Å². The predicted molar refractivity (Wildman–Crippen MR) is 85.5 cm³/mol. The molecule has 0 unspecified atom stereocenters. The molecule has 1 aliphatic carbocycles. The second-order valence-corrected chi connectivity index (χ2v) is 6.54. The maximum absolute atomic E-state index is 6.23. The quantitative estimate of drug-likeness (QED) is 0.724. The van der Waals surface area contributed by atoms with Crippen LogP contribution >= 0.6 is 11.6 Å². The van der Waals surface area contributed by atoms with Gasteiger partial charge in [-0.05, 0) is 42.7 Å². The van der Waals surface area contributed by atoms with Crippen molar-refractivity contribution < 1.29 is 4.74 Å². The Labute approximate surface area is 127 Å². The van der Waals surface area contributed by atoms with Crippen LogP contribution in [0.15, 0.2) is 24.3 Å². The number of ether oxygens (including phenoxy) is 1. The van der Waals surface area contributed by atoms with Gasteiger partial charge in [-0.15, -0.1) is 0 Å². The summed E-state index contributed by atoms with van der Waals surface area (Å²) in [4.78, 5) is 0. The average molecular weight is 296 g/mol. The number of rotatable bonds is 8. The van der Waals surface area contributed by atoms with Crippen molar-refractivity contribution in [3.05, 3.63) is 34.9 Å². The standard InChI is InChI=1S/C17H26ClNO/c1-13(2)7-9-20-10-8-19-15-11-14(12-15)16-5-3-4-6-17(16)18/h3-6,13-15,19H,7-12H2,1-2H3. The summed E-state index contributed by atoms with van der Waals surface area (Å²) in [6.45, 7) is 7.11. The molecule has 1 aliphatic rings. The lowest BCUT2D eigenvalue weighted by Crippen LogP contribution is -2.41. The third-order valence-electron chi connectivity index (χ3n) is 4.00. The smallest absolute Gasteiger partial charge is 0.0591 e. The molecule has 0 saturated heterocycles. The summed E-state index contributed by atoms with van der Waals surface area (Å²) >= 11 is 6.23. The predicted octanol–water partition coefficient (Wildman–Crippen LogP) is 4.24. The topological polar surface area (TPSA) is 21.3 Å². The lowest BCUT2D eigenvalue weighted by molar-refractivity contribution is 0.119. The van der Waals surface area contributed by atoms with Crippen LogP contribution in [0.2, 0.25) is 5.02 Å². The van der Waals surface area contributed by atoms with E-state index in [0.29, 0.717) is 12.0 Å². The lowest BCUT2D eigenvalue weighted by atomic mass is 9.76. The van der Waals surface area contributed by atoms with Crippen LogP contribution in [0.25, 0.3) is 0 Å². The van der Waals surface area contributed by atoms with Crippen LogP contribution in [0.5, 0.6) is 0 Å². The monoisotopic (exact) mass is 295 g/mol. The molecule has 0 bridgehead atoms. The summed E-state index contributed by atoms with van der Waals surface area (Å²) < 4.78 is 5.61. The fourth-order valence-electron chi connectivity index (χ4n) is 2.60. The van der Waals surface area contributed by atoms with Crippen molar-refractivity contribution in [1.82, 2.24) is 5.32 Å². The zero-order valence-electron chi connectivity index (χ0n) is 12.6. The van der Waals surface area contributed by atoms with Crippen LogP contribution < -0.4 is 5.32 Å². The maximum atomic E-state index is 6.23. The summed E-state index contributed by atoms with van der Waals surface area (Å²) in [5, 5.41) is 4.47. The summed E-state index contributed by atoms with van der Waals surface area (Å²) in [5.74, 6) is 1.36. The Morgan fingerprint density at radius 2 is 2.00 bits per heavy atom. The van der Waals surface area contributed by atoms with Gasteiger partial charge in [-0.25, -0.2) is 0 Å². The molecule has 1 saturated carbocycles. The Morgan fingerprint density at radius 3 is 2.70 bits per heavy atom. The molecule has 2 rings (SSSR count). The fraction of sp³-hybridized carbons (Fsp3) is 0.647. The van der Waals surface area contributed by atoms with Crippen molar-refractivity contribution in [3.63, 3.8) is 0 Å². The molecular formula is C17H26ClNO. The van der Waals surface area contributed by atoms with Gasteiger partial charge in [-0.1, -0.05) is 43.6 Å². The maximum Gasteiger partial charge on any atom is 0.0591 e. The largest absolute Gasteiger partial charge is 0.380 e. The molecule has 0 aliphatic heterocycles. The highest BCUT2D eigenvalue weighted by Crippen LogP contribution is 2.39. The van der Waals surface area contributed by atoms with Gasteiger partial charge in [-0.3, -0.25) is 0 Å². The van der Waals surface area contributed by atoms with Crippen molar-refractivity contribution >= 4 is 11.6 Å². The average Bonchev–Trinajstić information content (AvgIpc) is 2.36. The lowest BCUT2D eigenvalue weighted by Gasteiger charge is -2.36. The first-order valence-corrected chi connectivity index (χ1v) is 8.10. The Balaban J connectivity index is 1.55. The van der Waals surface area contributed by atoms with E-state index in [4.69, 9.17) is 16.3 Å². The Hall–Kier alpha value is -0.570. The van der Waals surface area contributed by atoms with Crippen molar-refractivity contribution in [1.29, 1.82) is 0 Å². The second-order valence-electron chi connectivity index (χ2n) is 6.14. The number of benzene rings is 1. The van der Waals surface area contributed by atoms with E-state index >= 15 is 0 Å². The highest BCUT2D eigenvalue weighted by atomic mass is 35.5. The molecule has 3 heteroatoms. The summed E-state index contributed by atoms with van der Waals surface area (Å²) in [7, 11) is 0. The molecule has 2 nitrogen and oxygen atoms in total. The first-order chi connectivity index (χ1) is 9.66. The number of hydrogen-bond donors (Lipinski definition) is 1. The minimum Gasteiger partial charge on any atom is -0.380 e. The molecule has 0 radical (unpaired) electrons. The van der Waals surface area contributed by atoms with Crippen molar-refractivity contribution in [2.24, 2.45) is 5.92 Å². The molecule has 0 heterocycles. The Morgan fingerprint density at radius 1 is 1.25 bits per heavy atom. The Bertz CT molecular complexity index is 402. The molecule has 20 heavy (non-hydrogen) atoms. The summed E-state index contributed by atoms with van der Waals surface area (Å²) in [6, 6.07) is 8.84. The normalized spacial score (nSPS) is 22.0. The van der Waals surface area contributed by atoms with Crippen molar-refractivity contribution in [3.8, 4) is 0 Å². The van der Waals surface area contributed by atoms with Gasteiger partial charge in [-0.2, -0.15) is 0 Å². The highest BCUT2D eigenvalue weighted by molar-refractivity contribution is 6.31. The van der Waals surface area contributed by atoms with Crippen LogP contribution in [0.3, 0.4) is 0 Å². The van der Waals surface area contributed by atoms with Gasteiger partial charge >= 0.3 is 0 Å². The SMILES string of the molecule is CC(C)CCOCCNC1CC(c2ccccc2Cl)C1. The molecule has 1 fully saturated rings. The van der Waals surface area contributed by atoms with Crippen molar-refractivity contribution in [2.75, 3.05) is 19.8 Å². The minimum absolute atomic E-state index is 0.628. The zero-order chi connectivity index (χ0) is 14.4. The summed E-state index contributed by atoms with van der Waals surface area (Å²) in [5.41, 5.74) is 1.31. The summed E-state index contributed by atoms with van der Waals surface area (Å²) in [6.07, 6.45) is 3.53. The van der Waals surface area contributed by atoms with Gasteiger partial charge < -0.3 is 10.1 Å². The molecule has 1 N–H and O–H groups in total. The first-order valence-electron chi connectivity index (χ1n) is 7.72. The van der Waals surface area contributed by atoms with Gasteiger partial charge in [0.2, 0.25) is 0 Å². The van der Waals surface area contributed by atoms with E-state index in [-0.39, 0.29) is 0 Å². The zero-order valence-corrected chi connectivity index (χ0v) is 13.3. The van der Waals surface area contributed by atoms with Gasteiger partial charge in [0.1, 0.15) is 0 Å². The molecule has 1 aromatic carbocycles. The third kappa shape index (κ3) is 4.76. The first kappa shape index (κ1) is 15.8. The number of hydrogen-bond acceptors (Lipinski definition) is 2. The van der Waals surface area contributed by atoms with Gasteiger partial charge in [0.25, 0.3) is 0 Å². The van der Waals surface area contributed by atoms with Gasteiger partial charge in [0.05, 0.1) is 6.61 Å². The van der Waals surface area contributed by atoms with Gasteiger partial charge in [0, 0.05) is 24.2 Å². The van der Waals surface area contributed by atoms with Crippen LogP contribution in [-0.2, 0) is 4.74 Å². The number of nitrogens with one attached hydrogen (secondary N) is 1. The fourth-order valence-corrected chi connectivity index (χ4v) is 2.89. The van der Waals surface area contributed by atoms with Gasteiger partial charge in [0.15, 0.2) is 0 Å². The van der Waals surface area contributed by atoms with E-state index in [1.54, 1.807) is 0 Å². The molecule has 0 aromatic heterocycles. The molecule has 0 spiro atoms. The number of halogens is 1. The second kappa shape index (κ2) is 8.02. The highest BCUT2D eigenvalue weighted by Gasteiger charge is 2.30. The van der Waals surface area contributed by atoms with E-state index in [1.165, 1.54) is 18.4 Å². The van der Waals surface area contributed by atoms with Crippen molar-refractivity contribution in [2.45, 2.75) is 45.1 Å². The minimum atomic E-state index is 0.628. The Kier molecular flexibility index (Phi) is 6.34. The molecule has 0 atom stereocenters. The van der Waals surface area contributed by atoms with Crippen LogP contribution in [-0.4, -0.2) is 25.8 Å². The van der Waals surface area contributed by atoms with E-state index < -0.39 is 0 Å². The van der Waals surface area contributed by atoms with Crippen LogP contribution in [0.1, 0.15) is 44.6 Å². The molecule has 112 valence electrons. The molecule has 1 aromatic rings.